The highest BCUT2D eigenvalue weighted by molar-refractivity contribution is 5.37. The van der Waals surface area contributed by atoms with Crippen LogP contribution in [0.5, 0.6) is 5.75 Å². The second-order valence-electron chi connectivity index (χ2n) is 7.05. The highest BCUT2D eigenvalue weighted by atomic mass is 16.5. The number of hydrogen-bond acceptors (Lipinski definition) is 3. The van der Waals surface area contributed by atoms with E-state index in [9.17, 15) is 0 Å². The van der Waals surface area contributed by atoms with E-state index < -0.39 is 0 Å². The maximum absolute atomic E-state index is 6.12. The number of fused-ring (bicyclic) bond motifs is 1. The molecular formula is C18H26N2O. The zero-order valence-corrected chi connectivity index (χ0v) is 12.8. The molecule has 1 spiro atoms. The second kappa shape index (κ2) is 5.62. The van der Waals surface area contributed by atoms with E-state index in [1.54, 1.807) is 0 Å². The van der Waals surface area contributed by atoms with Crippen LogP contribution < -0.4 is 10.1 Å². The molecule has 21 heavy (non-hydrogen) atoms. The number of ether oxygens (including phenoxy) is 1. The molecule has 3 heteroatoms. The number of benzene rings is 1. The van der Waals surface area contributed by atoms with E-state index in [4.69, 9.17) is 4.74 Å². The van der Waals surface area contributed by atoms with Crippen LogP contribution in [0.2, 0.25) is 0 Å². The summed E-state index contributed by atoms with van der Waals surface area (Å²) in [6, 6.07) is 8.50. The van der Waals surface area contributed by atoms with Gasteiger partial charge in [0.2, 0.25) is 0 Å². The summed E-state index contributed by atoms with van der Waals surface area (Å²) in [5.74, 6) is 1.10. The zero-order valence-electron chi connectivity index (χ0n) is 12.8. The summed E-state index contributed by atoms with van der Waals surface area (Å²) in [5.41, 5.74) is 1.78. The molecule has 0 amide bonds. The number of piperazine rings is 1. The van der Waals surface area contributed by atoms with Gasteiger partial charge in [0.25, 0.3) is 0 Å². The van der Waals surface area contributed by atoms with Crippen molar-refractivity contribution in [1.29, 1.82) is 0 Å². The van der Waals surface area contributed by atoms with Crippen molar-refractivity contribution in [2.75, 3.05) is 26.2 Å². The van der Waals surface area contributed by atoms with Gasteiger partial charge in [0.1, 0.15) is 11.9 Å². The van der Waals surface area contributed by atoms with Gasteiger partial charge >= 0.3 is 0 Å². The summed E-state index contributed by atoms with van der Waals surface area (Å²) >= 11 is 0. The van der Waals surface area contributed by atoms with Crippen LogP contribution in [0.3, 0.4) is 0 Å². The summed E-state index contributed by atoms with van der Waals surface area (Å²) in [5, 5.41) is 3.82. The van der Waals surface area contributed by atoms with Gasteiger partial charge in [0.15, 0.2) is 0 Å². The third-order valence-corrected chi connectivity index (χ3v) is 5.44. The molecule has 1 aromatic carbocycles. The third kappa shape index (κ3) is 2.82. The number of nitrogens with one attached hydrogen (secondary N) is 1. The van der Waals surface area contributed by atoms with E-state index >= 15 is 0 Å². The van der Waals surface area contributed by atoms with Crippen molar-refractivity contribution in [2.45, 2.75) is 50.2 Å². The fraction of sp³-hybridized carbons (Fsp3) is 0.667. The van der Waals surface area contributed by atoms with Crippen molar-refractivity contribution >= 4 is 0 Å². The van der Waals surface area contributed by atoms with Gasteiger partial charge in [0.05, 0.1) is 0 Å². The molecule has 1 N–H and O–H groups in total. The molecular weight excluding hydrogens is 260 g/mol. The average molecular weight is 286 g/mol. The number of rotatable bonds is 2. The Morgan fingerprint density at radius 2 is 2.05 bits per heavy atom. The average Bonchev–Trinajstić information content (AvgIpc) is 2.90. The van der Waals surface area contributed by atoms with Gasteiger partial charge < -0.3 is 10.1 Å². The van der Waals surface area contributed by atoms with Crippen molar-refractivity contribution in [3.05, 3.63) is 29.8 Å². The molecule has 1 unspecified atom stereocenters. The summed E-state index contributed by atoms with van der Waals surface area (Å²) < 4.78 is 6.12. The Bertz CT molecular complexity index is 465. The zero-order chi connectivity index (χ0) is 14.1. The summed E-state index contributed by atoms with van der Waals surface area (Å²) in [6.45, 7) is 4.60. The number of nitrogens with zero attached hydrogens (tertiary/aromatic N) is 1. The molecule has 1 atom stereocenters. The number of para-hydroxylation sites is 1. The highest BCUT2D eigenvalue weighted by Gasteiger charge is 2.37. The smallest absolute Gasteiger partial charge is 0.123 e. The lowest BCUT2D eigenvalue weighted by molar-refractivity contribution is 0.0693. The van der Waals surface area contributed by atoms with Crippen molar-refractivity contribution < 1.29 is 4.74 Å². The van der Waals surface area contributed by atoms with Gasteiger partial charge in [-0.3, -0.25) is 4.90 Å². The number of hydrogen-bond donors (Lipinski definition) is 1. The monoisotopic (exact) mass is 286 g/mol. The normalized spacial score (nSPS) is 28.3. The van der Waals surface area contributed by atoms with Gasteiger partial charge in [-0.25, -0.2) is 0 Å². The molecule has 1 saturated carbocycles. The first-order valence-electron chi connectivity index (χ1n) is 8.55. The predicted molar refractivity (Wildman–Crippen MR) is 84.8 cm³/mol. The van der Waals surface area contributed by atoms with E-state index in [-0.39, 0.29) is 0 Å². The lowest BCUT2D eigenvalue weighted by atomic mass is 9.80. The van der Waals surface area contributed by atoms with Crippen LogP contribution in [-0.2, 0) is 6.42 Å². The predicted octanol–water partition coefficient (Wildman–Crippen LogP) is 2.60. The van der Waals surface area contributed by atoms with Crippen LogP contribution in [0.4, 0.5) is 0 Å². The lowest BCUT2D eigenvalue weighted by Crippen LogP contribution is -2.62. The minimum Gasteiger partial charge on any atom is -0.488 e. The van der Waals surface area contributed by atoms with Gasteiger partial charge in [-0.05, 0) is 24.5 Å². The maximum atomic E-state index is 6.12. The molecule has 3 nitrogen and oxygen atoms in total. The van der Waals surface area contributed by atoms with Crippen molar-refractivity contribution in [1.82, 2.24) is 10.2 Å². The van der Waals surface area contributed by atoms with Crippen molar-refractivity contribution in [3.8, 4) is 5.75 Å². The summed E-state index contributed by atoms with van der Waals surface area (Å²) in [7, 11) is 0. The summed E-state index contributed by atoms with van der Waals surface area (Å²) in [6.07, 6.45) is 8.35. The Hall–Kier alpha value is -1.06. The van der Waals surface area contributed by atoms with E-state index in [0.717, 1.165) is 31.8 Å². The largest absolute Gasteiger partial charge is 0.488 e. The fourth-order valence-corrected chi connectivity index (χ4v) is 4.41. The molecule has 114 valence electrons. The Morgan fingerprint density at radius 1 is 1.19 bits per heavy atom. The summed E-state index contributed by atoms with van der Waals surface area (Å²) in [4.78, 5) is 2.64. The SMILES string of the molecule is c1ccc2c(c1)CC(CN1CCNC3(CCCCC3)C1)O2. The van der Waals surface area contributed by atoms with Crippen molar-refractivity contribution in [2.24, 2.45) is 0 Å². The van der Waals surface area contributed by atoms with E-state index in [1.807, 2.05) is 0 Å². The first-order chi connectivity index (χ1) is 10.3. The minimum atomic E-state index is 0.348. The third-order valence-electron chi connectivity index (χ3n) is 5.44. The van der Waals surface area contributed by atoms with Gasteiger partial charge in [-0.2, -0.15) is 0 Å². The molecule has 2 aliphatic heterocycles. The Morgan fingerprint density at radius 3 is 2.90 bits per heavy atom. The van der Waals surface area contributed by atoms with Crippen LogP contribution in [0.25, 0.3) is 0 Å². The van der Waals surface area contributed by atoms with E-state index in [2.05, 4.69) is 34.5 Å². The molecule has 1 aliphatic carbocycles. The first kappa shape index (κ1) is 13.6. The fourth-order valence-electron chi connectivity index (χ4n) is 4.41. The Balaban J connectivity index is 1.37. The Kier molecular flexibility index (Phi) is 3.64. The molecule has 1 aromatic rings. The van der Waals surface area contributed by atoms with Crippen LogP contribution in [0.1, 0.15) is 37.7 Å². The molecule has 2 fully saturated rings. The maximum Gasteiger partial charge on any atom is 0.123 e. The second-order valence-corrected chi connectivity index (χ2v) is 7.05. The molecule has 0 aromatic heterocycles. The van der Waals surface area contributed by atoms with Crippen LogP contribution in [0.15, 0.2) is 24.3 Å². The minimum absolute atomic E-state index is 0.348. The van der Waals surface area contributed by atoms with Crippen molar-refractivity contribution in [3.63, 3.8) is 0 Å². The first-order valence-corrected chi connectivity index (χ1v) is 8.55. The molecule has 4 rings (SSSR count). The van der Waals surface area contributed by atoms with Gasteiger partial charge in [-0.15, -0.1) is 0 Å². The van der Waals surface area contributed by atoms with Gasteiger partial charge in [0, 0.05) is 38.1 Å². The molecule has 2 heterocycles. The van der Waals surface area contributed by atoms with E-state index in [0.29, 0.717) is 11.6 Å². The molecule has 0 radical (unpaired) electrons. The quantitative estimate of drug-likeness (QED) is 0.904. The van der Waals surface area contributed by atoms with Gasteiger partial charge in [-0.1, -0.05) is 37.5 Å². The Labute approximate surface area is 127 Å². The van der Waals surface area contributed by atoms with Crippen LogP contribution in [0, 0.1) is 0 Å². The topological polar surface area (TPSA) is 24.5 Å². The lowest BCUT2D eigenvalue weighted by Gasteiger charge is -2.46. The van der Waals surface area contributed by atoms with Crippen LogP contribution >= 0.6 is 0 Å². The molecule has 1 saturated heterocycles. The molecule has 3 aliphatic rings. The molecule has 0 bridgehead atoms. The standard InChI is InChI=1S/C18H26N2O/c1-4-8-18(9-5-1)14-20(11-10-19-18)13-16-12-15-6-2-3-7-17(15)21-16/h2-3,6-7,16,19H,1,4-5,8-14H2. The van der Waals surface area contributed by atoms with E-state index in [1.165, 1.54) is 44.2 Å². The van der Waals surface area contributed by atoms with Crippen LogP contribution in [-0.4, -0.2) is 42.7 Å². The highest BCUT2D eigenvalue weighted by Crippen LogP contribution is 2.32.